The molecule has 1 N–H and O–H groups in total. The monoisotopic (exact) mass is 316 g/mol. The second-order valence-electron chi connectivity index (χ2n) is 5.42. The molecule has 1 fully saturated rings. The van der Waals surface area contributed by atoms with Crippen LogP contribution in [0, 0.1) is 13.8 Å². The Morgan fingerprint density at radius 3 is 2.76 bits per heavy atom. The molecule has 2 nitrogen and oxygen atoms in total. The number of benzene rings is 1. The maximum atomic E-state index is 4.72. The van der Waals surface area contributed by atoms with E-state index in [1.165, 1.54) is 20.9 Å². The van der Waals surface area contributed by atoms with E-state index in [1.807, 2.05) is 23.1 Å². The van der Waals surface area contributed by atoms with E-state index in [0.717, 1.165) is 23.9 Å². The largest absolute Gasteiger partial charge is 0.361 e. The van der Waals surface area contributed by atoms with Gasteiger partial charge in [-0.1, -0.05) is 42.1 Å². The van der Waals surface area contributed by atoms with E-state index in [0.29, 0.717) is 6.04 Å². The molecule has 110 valence electrons. The molecule has 1 aromatic heterocycles. The van der Waals surface area contributed by atoms with Crippen LogP contribution in [0.5, 0.6) is 0 Å². The maximum Gasteiger partial charge on any atom is 0.157 e. The fraction of sp³-hybridized carbons (Fsp3) is 0.353. The third-order valence-electron chi connectivity index (χ3n) is 3.67. The first-order valence-electron chi connectivity index (χ1n) is 7.24. The fourth-order valence-electron chi connectivity index (χ4n) is 2.41. The molecule has 0 spiro atoms. The zero-order chi connectivity index (χ0) is 14.7. The summed E-state index contributed by atoms with van der Waals surface area (Å²) < 4.78 is 0. The average molecular weight is 316 g/mol. The summed E-state index contributed by atoms with van der Waals surface area (Å²) in [5, 5.41) is 4.65. The normalized spacial score (nSPS) is 19.9. The number of hydrogen-bond acceptors (Lipinski definition) is 3. The summed E-state index contributed by atoms with van der Waals surface area (Å²) in [5.41, 5.74) is 2.77. The Morgan fingerprint density at radius 2 is 2.05 bits per heavy atom. The number of aliphatic imine (C=N–C) groups is 1. The first kappa shape index (κ1) is 14.7. The van der Waals surface area contributed by atoms with Crippen molar-refractivity contribution in [3.63, 3.8) is 0 Å². The fourth-order valence-corrected chi connectivity index (χ4v) is 4.36. The lowest BCUT2D eigenvalue weighted by molar-refractivity contribution is 0.686. The predicted octanol–water partition coefficient (Wildman–Crippen LogP) is 4.17. The highest BCUT2D eigenvalue weighted by Crippen LogP contribution is 2.23. The van der Waals surface area contributed by atoms with Crippen molar-refractivity contribution in [1.82, 2.24) is 5.32 Å². The predicted molar refractivity (Wildman–Crippen MR) is 94.5 cm³/mol. The Hall–Kier alpha value is -1.26. The number of aryl methyl sites for hydroxylation is 2. The van der Waals surface area contributed by atoms with Crippen molar-refractivity contribution in [2.75, 3.05) is 5.75 Å². The van der Waals surface area contributed by atoms with Crippen LogP contribution in [-0.4, -0.2) is 17.0 Å². The molecular weight excluding hydrogens is 296 g/mol. The summed E-state index contributed by atoms with van der Waals surface area (Å²) in [6, 6.07) is 13.4. The molecule has 4 heteroatoms. The number of nitrogens with one attached hydrogen (secondary N) is 1. The van der Waals surface area contributed by atoms with Gasteiger partial charge in [0.15, 0.2) is 5.17 Å². The van der Waals surface area contributed by atoms with Crippen molar-refractivity contribution in [3.05, 3.63) is 57.3 Å². The summed E-state index contributed by atoms with van der Waals surface area (Å²) >= 11 is 3.70. The molecule has 1 unspecified atom stereocenters. The van der Waals surface area contributed by atoms with Gasteiger partial charge in [0.05, 0.1) is 6.54 Å². The smallest absolute Gasteiger partial charge is 0.157 e. The van der Waals surface area contributed by atoms with Gasteiger partial charge in [-0.3, -0.25) is 4.99 Å². The number of amidine groups is 1. The van der Waals surface area contributed by atoms with Crippen LogP contribution in [0.15, 0.2) is 41.4 Å². The van der Waals surface area contributed by atoms with Gasteiger partial charge >= 0.3 is 0 Å². The Kier molecular flexibility index (Phi) is 4.66. The van der Waals surface area contributed by atoms with Crippen molar-refractivity contribution in [2.24, 2.45) is 4.99 Å². The van der Waals surface area contributed by atoms with Crippen LogP contribution >= 0.6 is 23.1 Å². The summed E-state index contributed by atoms with van der Waals surface area (Å²) in [7, 11) is 0. The Morgan fingerprint density at radius 1 is 1.24 bits per heavy atom. The van der Waals surface area contributed by atoms with Gasteiger partial charge in [0, 0.05) is 21.5 Å². The Balaban J connectivity index is 1.55. The van der Waals surface area contributed by atoms with Crippen molar-refractivity contribution >= 4 is 28.3 Å². The van der Waals surface area contributed by atoms with E-state index >= 15 is 0 Å². The van der Waals surface area contributed by atoms with E-state index in [-0.39, 0.29) is 0 Å². The van der Waals surface area contributed by atoms with Crippen LogP contribution in [0.4, 0.5) is 0 Å². The molecular formula is C17H20N2S2. The van der Waals surface area contributed by atoms with Gasteiger partial charge in [-0.25, -0.2) is 0 Å². The molecule has 1 aliphatic heterocycles. The minimum atomic E-state index is 0.503. The summed E-state index contributed by atoms with van der Waals surface area (Å²) in [6.07, 6.45) is 1.07. The van der Waals surface area contributed by atoms with Crippen LogP contribution < -0.4 is 5.32 Å². The zero-order valence-corrected chi connectivity index (χ0v) is 14.1. The molecule has 0 saturated carbocycles. The van der Waals surface area contributed by atoms with E-state index in [2.05, 4.69) is 55.6 Å². The van der Waals surface area contributed by atoms with Gasteiger partial charge in [0.1, 0.15) is 0 Å². The third kappa shape index (κ3) is 3.89. The van der Waals surface area contributed by atoms with Crippen LogP contribution in [-0.2, 0) is 13.0 Å². The maximum absolute atomic E-state index is 4.72. The first-order valence-corrected chi connectivity index (χ1v) is 9.04. The van der Waals surface area contributed by atoms with Crippen LogP contribution in [0.1, 0.15) is 20.9 Å². The summed E-state index contributed by atoms with van der Waals surface area (Å²) in [4.78, 5) is 7.47. The zero-order valence-electron chi connectivity index (χ0n) is 12.4. The molecule has 21 heavy (non-hydrogen) atoms. The molecule has 0 amide bonds. The quantitative estimate of drug-likeness (QED) is 0.915. The second-order valence-corrected chi connectivity index (χ2v) is 7.76. The van der Waals surface area contributed by atoms with E-state index in [1.54, 1.807) is 0 Å². The minimum Gasteiger partial charge on any atom is -0.361 e. The van der Waals surface area contributed by atoms with Gasteiger partial charge in [0.2, 0.25) is 0 Å². The van der Waals surface area contributed by atoms with Crippen LogP contribution in [0.3, 0.4) is 0 Å². The highest BCUT2D eigenvalue weighted by Gasteiger charge is 2.20. The standard InChI is InChI=1S/C17H20N2S2/c1-12-8-16(21-13(12)2)10-18-17-19-15(11-20-17)9-14-6-4-3-5-7-14/h3-8,15H,9-11H2,1-2H3,(H,18,19). The van der Waals surface area contributed by atoms with E-state index in [4.69, 9.17) is 4.99 Å². The van der Waals surface area contributed by atoms with Crippen molar-refractivity contribution in [3.8, 4) is 0 Å². The van der Waals surface area contributed by atoms with Crippen molar-refractivity contribution in [1.29, 1.82) is 0 Å². The van der Waals surface area contributed by atoms with Gasteiger partial charge < -0.3 is 5.32 Å². The summed E-state index contributed by atoms with van der Waals surface area (Å²) in [5.74, 6) is 1.11. The lowest BCUT2D eigenvalue weighted by atomic mass is 10.1. The lowest BCUT2D eigenvalue weighted by Gasteiger charge is -2.09. The van der Waals surface area contributed by atoms with Gasteiger partial charge in [0.25, 0.3) is 0 Å². The minimum absolute atomic E-state index is 0.503. The number of thioether (sulfide) groups is 1. The molecule has 0 bridgehead atoms. The molecule has 1 aromatic carbocycles. The summed E-state index contributed by atoms with van der Waals surface area (Å²) in [6.45, 7) is 5.14. The number of nitrogens with zero attached hydrogens (tertiary/aromatic N) is 1. The lowest BCUT2D eigenvalue weighted by Crippen LogP contribution is -2.28. The Labute approximate surface area is 134 Å². The van der Waals surface area contributed by atoms with Crippen LogP contribution in [0.2, 0.25) is 0 Å². The third-order valence-corrected chi connectivity index (χ3v) is 5.90. The van der Waals surface area contributed by atoms with E-state index in [9.17, 15) is 0 Å². The molecule has 2 aromatic rings. The number of thiophene rings is 1. The van der Waals surface area contributed by atoms with E-state index < -0.39 is 0 Å². The SMILES string of the molecule is Cc1cc(CN=C2NC(Cc3ccccc3)CS2)sc1C. The molecule has 1 saturated heterocycles. The number of hydrogen-bond donors (Lipinski definition) is 1. The molecule has 3 rings (SSSR count). The Bertz CT molecular complexity index is 612. The molecule has 1 aliphatic rings. The van der Waals surface area contributed by atoms with Crippen molar-refractivity contribution in [2.45, 2.75) is 32.9 Å². The topological polar surface area (TPSA) is 24.4 Å². The first-order chi connectivity index (χ1) is 10.2. The van der Waals surface area contributed by atoms with Crippen molar-refractivity contribution < 1.29 is 0 Å². The molecule has 0 aliphatic carbocycles. The van der Waals surface area contributed by atoms with Crippen LogP contribution in [0.25, 0.3) is 0 Å². The molecule has 2 heterocycles. The average Bonchev–Trinajstić information content (AvgIpc) is 3.05. The van der Waals surface area contributed by atoms with Gasteiger partial charge in [-0.05, 0) is 37.5 Å². The van der Waals surface area contributed by atoms with Gasteiger partial charge in [-0.15, -0.1) is 11.3 Å². The molecule has 0 radical (unpaired) electrons. The highest BCUT2D eigenvalue weighted by atomic mass is 32.2. The second kappa shape index (κ2) is 6.67. The molecule has 1 atom stereocenters. The highest BCUT2D eigenvalue weighted by molar-refractivity contribution is 8.14. The number of rotatable bonds is 4. The van der Waals surface area contributed by atoms with Gasteiger partial charge in [-0.2, -0.15) is 0 Å².